The Labute approximate surface area is 234 Å². The minimum Gasteiger partial charge on any atom is -0.247 e. The third kappa shape index (κ3) is 18.2. The summed E-state index contributed by atoms with van der Waals surface area (Å²) in [6.45, 7) is 9.36. The fourth-order valence-electron chi connectivity index (χ4n) is 6.06. The highest BCUT2D eigenvalue weighted by Gasteiger charge is 2.25. The fourth-order valence-corrected chi connectivity index (χ4v) is 6.06. The van der Waals surface area contributed by atoms with Crippen molar-refractivity contribution in [3.05, 3.63) is 18.2 Å². The number of rotatable bonds is 28. The Morgan fingerprint density at radius 2 is 0.892 bits per heavy atom. The molecule has 1 N–H and O–H groups in total. The molecule has 0 saturated carbocycles. The van der Waals surface area contributed by atoms with Crippen LogP contribution in [0.4, 0.5) is 0 Å². The molecule has 0 amide bonds. The first-order valence-corrected chi connectivity index (χ1v) is 17.3. The first-order valence-electron chi connectivity index (χ1n) is 17.3. The summed E-state index contributed by atoms with van der Waals surface area (Å²) in [5.74, 6) is 2.23. The Bertz CT molecular complexity index is 578. The molecule has 1 aromatic rings. The minimum absolute atomic E-state index is 0.620. The van der Waals surface area contributed by atoms with Crippen molar-refractivity contribution in [3.63, 3.8) is 0 Å². The Balaban J connectivity index is 2.30. The summed E-state index contributed by atoms with van der Waals surface area (Å²) < 4.78 is 2.59. The Morgan fingerprint density at radius 3 is 1.30 bits per heavy atom. The van der Waals surface area contributed by atoms with Crippen LogP contribution in [0, 0.1) is 0 Å². The summed E-state index contributed by atoms with van der Waals surface area (Å²) in [7, 11) is 0. The van der Waals surface area contributed by atoms with Gasteiger partial charge in [-0.2, -0.15) is 0 Å². The number of nitrogens with zero attached hydrogens (tertiary/aromatic N) is 1. The van der Waals surface area contributed by atoms with Crippen molar-refractivity contribution in [2.45, 2.75) is 207 Å². The normalized spacial score (nSPS) is 13.3. The molecule has 0 fully saturated rings. The molecule has 2 atom stereocenters. The van der Waals surface area contributed by atoms with E-state index in [9.17, 15) is 0 Å². The second-order valence-electron chi connectivity index (χ2n) is 12.2. The zero-order chi connectivity index (χ0) is 26.8. The molecule has 0 aliphatic heterocycles. The molecule has 0 saturated heterocycles. The maximum absolute atomic E-state index is 3.69. The van der Waals surface area contributed by atoms with Crippen molar-refractivity contribution in [1.29, 1.82) is 0 Å². The van der Waals surface area contributed by atoms with Gasteiger partial charge >= 0.3 is 0 Å². The van der Waals surface area contributed by atoms with Crippen molar-refractivity contribution in [2.75, 3.05) is 0 Å². The van der Waals surface area contributed by atoms with Gasteiger partial charge in [0.2, 0.25) is 0 Å². The van der Waals surface area contributed by atoms with Crippen LogP contribution in [0.25, 0.3) is 0 Å². The molecule has 37 heavy (non-hydrogen) atoms. The van der Waals surface area contributed by atoms with Crippen LogP contribution in [0.2, 0.25) is 0 Å². The van der Waals surface area contributed by atoms with Crippen LogP contribution < -0.4 is 4.57 Å². The van der Waals surface area contributed by atoms with Crippen molar-refractivity contribution in [2.24, 2.45) is 0 Å². The lowest BCUT2D eigenvalue weighted by Gasteiger charge is -2.17. The van der Waals surface area contributed by atoms with Gasteiger partial charge in [0.1, 0.15) is 12.4 Å². The second-order valence-corrected chi connectivity index (χ2v) is 12.2. The van der Waals surface area contributed by atoms with Gasteiger partial charge in [-0.05, 0) is 32.6 Å². The smallest absolute Gasteiger partial charge is 0.247 e. The number of imidazole rings is 1. The van der Waals surface area contributed by atoms with Gasteiger partial charge in [0.25, 0.3) is 5.82 Å². The van der Waals surface area contributed by atoms with E-state index in [1.54, 1.807) is 0 Å². The monoisotopic (exact) mass is 518 g/mol. The first-order chi connectivity index (χ1) is 18.2. The van der Waals surface area contributed by atoms with Gasteiger partial charge in [-0.25, -0.2) is 9.55 Å². The molecular weight excluding hydrogens is 448 g/mol. The van der Waals surface area contributed by atoms with Crippen LogP contribution >= 0.6 is 0 Å². The highest BCUT2D eigenvalue weighted by Crippen LogP contribution is 2.27. The average molecular weight is 518 g/mol. The lowest BCUT2D eigenvalue weighted by molar-refractivity contribution is -0.727. The fraction of sp³-hybridized carbons (Fsp3) is 0.914. The van der Waals surface area contributed by atoms with Crippen LogP contribution in [0.5, 0.6) is 0 Å². The minimum atomic E-state index is 0.620. The van der Waals surface area contributed by atoms with Gasteiger partial charge in [0, 0.05) is 0 Å². The van der Waals surface area contributed by atoms with E-state index in [1.807, 2.05) is 0 Å². The summed E-state index contributed by atoms with van der Waals surface area (Å²) in [6.07, 6.45) is 41.3. The van der Waals surface area contributed by atoms with E-state index in [0.29, 0.717) is 12.0 Å². The number of aromatic nitrogens is 2. The van der Waals surface area contributed by atoms with E-state index in [2.05, 4.69) is 49.6 Å². The average Bonchev–Trinajstić information content (AvgIpc) is 3.40. The number of H-pyrrole nitrogens is 1. The van der Waals surface area contributed by atoms with Gasteiger partial charge in [-0.3, -0.25) is 0 Å². The van der Waals surface area contributed by atoms with E-state index >= 15 is 0 Å². The topological polar surface area (TPSA) is 19.7 Å². The molecule has 0 radical (unpaired) electrons. The number of aromatic amines is 1. The van der Waals surface area contributed by atoms with Crippen LogP contribution in [0.1, 0.15) is 212 Å². The Hall–Kier alpha value is -0.790. The van der Waals surface area contributed by atoms with E-state index < -0.39 is 0 Å². The first kappa shape index (κ1) is 34.2. The molecule has 1 aromatic heterocycles. The van der Waals surface area contributed by atoms with Crippen molar-refractivity contribution >= 4 is 0 Å². The third-order valence-electron chi connectivity index (χ3n) is 8.64. The van der Waals surface area contributed by atoms with Crippen molar-refractivity contribution in [3.8, 4) is 0 Å². The van der Waals surface area contributed by atoms with Gasteiger partial charge < -0.3 is 0 Å². The second kappa shape index (κ2) is 25.5. The maximum Gasteiger partial charge on any atom is 0.257 e. The SMILES string of the molecule is CCCCCCCCCCCCCCCCC(CCCCCCCCC)c1[nH]cc[n+]1C(C)CCCC. The number of hydrogen-bond donors (Lipinski definition) is 1. The molecule has 2 heteroatoms. The van der Waals surface area contributed by atoms with Gasteiger partial charge in [0.15, 0.2) is 0 Å². The van der Waals surface area contributed by atoms with Crippen LogP contribution in [-0.2, 0) is 0 Å². The summed E-state index contributed by atoms with van der Waals surface area (Å²) in [5.41, 5.74) is 0. The number of nitrogens with one attached hydrogen (secondary N) is 1. The highest BCUT2D eigenvalue weighted by molar-refractivity contribution is 4.90. The molecule has 0 aliphatic rings. The quantitative estimate of drug-likeness (QED) is 0.0842. The molecule has 1 rings (SSSR count). The predicted octanol–water partition coefficient (Wildman–Crippen LogP) is 12.1. The molecule has 0 spiro atoms. The zero-order valence-electron chi connectivity index (χ0n) is 26.1. The van der Waals surface area contributed by atoms with Gasteiger partial charge in [-0.1, -0.05) is 162 Å². The summed E-state index contributed by atoms with van der Waals surface area (Å²) in [5, 5.41) is 0. The molecule has 2 nitrogen and oxygen atoms in total. The van der Waals surface area contributed by atoms with Crippen molar-refractivity contribution in [1.82, 2.24) is 4.98 Å². The Morgan fingerprint density at radius 1 is 0.514 bits per heavy atom. The predicted molar refractivity (Wildman–Crippen MR) is 166 cm³/mol. The summed E-state index contributed by atoms with van der Waals surface area (Å²) >= 11 is 0. The van der Waals surface area contributed by atoms with Gasteiger partial charge in [-0.15, -0.1) is 0 Å². The van der Waals surface area contributed by atoms with Crippen molar-refractivity contribution < 1.29 is 4.57 Å². The van der Waals surface area contributed by atoms with Crippen LogP contribution in [0.15, 0.2) is 12.4 Å². The van der Waals surface area contributed by atoms with E-state index in [0.717, 1.165) is 0 Å². The molecule has 1 heterocycles. The van der Waals surface area contributed by atoms with Crippen LogP contribution in [-0.4, -0.2) is 4.98 Å². The third-order valence-corrected chi connectivity index (χ3v) is 8.64. The molecule has 0 bridgehead atoms. The lowest BCUT2D eigenvalue weighted by atomic mass is 9.92. The van der Waals surface area contributed by atoms with E-state index in [4.69, 9.17) is 0 Å². The summed E-state index contributed by atoms with van der Waals surface area (Å²) in [4.78, 5) is 3.69. The highest BCUT2D eigenvalue weighted by atomic mass is 15.1. The molecule has 218 valence electrons. The largest absolute Gasteiger partial charge is 0.257 e. The zero-order valence-corrected chi connectivity index (χ0v) is 26.1. The Kier molecular flexibility index (Phi) is 23.6. The standard InChI is InChI=1S/C35H68N2/c1-5-8-11-13-15-16-17-18-19-20-21-23-25-27-30-34(29-26-24-22-14-12-9-6-2)35-36-31-32-37(35)33(4)28-10-7-3/h31-34H,5-30H2,1-4H3/p+1. The molecule has 2 unspecified atom stereocenters. The lowest BCUT2D eigenvalue weighted by Crippen LogP contribution is -2.41. The number of hydrogen-bond acceptors (Lipinski definition) is 0. The molecule has 0 aromatic carbocycles. The number of unbranched alkanes of at least 4 members (excludes halogenated alkanes) is 20. The summed E-state index contributed by atoms with van der Waals surface area (Å²) in [6, 6.07) is 0.620. The van der Waals surface area contributed by atoms with Crippen LogP contribution in [0.3, 0.4) is 0 Å². The van der Waals surface area contributed by atoms with E-state index in [-0.39, 0.29) is 0 Å². The molecular formula is C35H69N2+. The van der Waals surface area contributed by atoms with E-state index in [1.165, 1.54) is 173 Å². The maximum atomic E-state index is 3.69. The molecule has 0 aliphatic carbocycles. The van der Waals surface area contributed by atoms with Gasteiger partial charge in [0.05, 0.1) is 12.0 Å².